The number of benzene rings is 2. The molecule has 1 N–H and O–H groups in total. The van der Waals surface area contributed by atoms with Gasteiger partial charge in [-0.3, -0.25) is 4.79 Å². The minimum absolute atomic E-state index is 0.0433. The van der Waals surface area contributed by atoms with Crippen LogP contribution in [0.3, 0.4) is 0 Å². The van der Waals surface area contributed by atoms with Crippen LogP contribution in [-0.4, -0.2) is 12.5 Å². The van der Waals surface area contributed by atoms with Crippen LogP contribution in [0.1, 0.15) is 18.9 Å². The summed E-state index contributed by atoms with van der Waals surface area (Å²) in [6.07, 6.45) is 2.34. The SMILES string of the molecule is CCCOc1ccc(/C=C(\C#N)C(=O)Nc2cccc(Cl)c2)cc1Cl. The molecule has 0 aliphatic rings. The van der Waals surface area contributed by atoms with Crippen molar-refractivity contribution in [2.75, 3.05) is 11.9 Å². The molecule has 6 heteroatoms. The maximum absolute atomic E-state index is 12.2. The highest BCUT2D eigenvalue weighted by molar-refractivity contribution is 6.32. The normalized spacial score (nSPS) is 10.9. The van der Waals surface area contributed by atoms with Gasteiger partial charge in [0.1, 0.15) is 17.4 Å². The molecule has 0 heterocycles. The first-order valence-electron chi connectivity index (χ1n) is 7.64. The van der Waals surface area contributed by atoms with E-state index < -0.39 is 5.91 Å². The van der Waals surface area contributed by atoms with Crippen molar-refractivity contribution in [1.82, 2.24) is 0 Å². The Morgan fingerprint density at radius 1 is 1.28 bits per heavy atom. The van der Waals surface area contributed by atoms with Gasteiger partial charge in [-0.25, -0.2) is 0 Å². The fraction of sp³-hybridized carbons (Fsp3) is 0.158. The number of nitriles is 1. The lowest BCUT2D eigenvalue weighted by Gasteiger charge is -2.08. The van der Waals surface area contributed by atoms with Gasteiger partial charge in [-0.1, -0.05) is 42.3 Å². The molecule has 2 aromatic carbocycles. The molecule has 2 aromatic rings. The number of halogens is 2. The van der Waals surface area contributed by atoms with Crippen molar-refractivity contribution < 1.29 is 9.53 Å². The molecular weight excluding hydrogens is 359 g/mol. The monoisotopic (exact) mass is 374 g/mol. The van der Waals surface area contributed by atoms with Gasteiger partial charge >= 0.3 is 0 Å². The highest BCUT2D eigenvalue weighted by atomic mass is 35.5. The molecule has 0 atom stereocenters. The third-order valence-corrected chi connectivity index (χ3v) is 3.71. The molecule has 0 aliphatic carbocycles. The second kappa shape index (κ2) is 9.12. The number of hydrogen-bond donors (Lipinski definition) is 1. The number of nitrogens with one attached hydrogen (secondary N) is 1. The summed E-state index contributed by atoms with van der Waals surface area (Å²) >= 11 is 12.0. The Balaban J connectivity index is 2.17. The largest absolute Gasteiger partial charge is 0.492 e. The van der Waals surface area contributed by atoms with Crippen molar-refractivity contribution in [3.63, 3.8) is 0 Å². The molecule has 1 amide bonds. The van der Waals surface area contributed by atoms with E-state index in [4.69, 9.17) is 27.9 Å². The molecule has 0 aliphatic heterocycles. The number of nitrogens with zero attached hydrogens (tertiary/aromatic N) is 1. The maximum atomic E-state index is 12.2. The molecule has 128 valence electrons. The zero-order chi connectivity index (χ0) is 18.2. The highest BCUT2D eigenvalue weighted by Crippen LogP contribution is 2.26. The van der Waals surface area contributed by atoms with Crippen molar-refractivity contribution in [3.05, 3.63) is 63.6 Å². The summed E-state index contributed by atoms with van der Waals surface area (Å²) in [5.74, 6) is 0.0507. The average molecular weight is 375 g/mol. The molecule has 0 saturated carbocycles. The van der Waals surface area contributed by atoms with E-state index >= 15 is 0 Å². The van der Waals surface area contributed by atoms with E-state index in [0.29, 0.717) is 33.7 Å². The van der Waals surface area contributed by atoms with Gasteiger partial charge in [0.25, 0.3) is 5.91 Å². The summed E-state index contributed by atoms with van der Waals surface area (Å²) in [4.78, 5) is 12.2. The highest BCUT2D eigenvalue weighted by Gasteiger charge is 2.10. The van der Waals surface area contributed by atoms with Crippen molar-refractivity contribution in [2.45, 2.75) is 13.3 Å². The summed E-state index contributed by atoms with van der Waals surface area (Å²) in [7, 11) is 0. The summed E-state index contributed by atoms with van der Waals surface area (Å²) in [5.41, 5.74) is 1.10. The van der Waals surface area contributed by atoms with Crippen LogP contribution in [0.2, 0.25) is 10.0 Å². The molecule has 0 aromatic heterocycles. The molecule has 2 rings (SSSR count). The van der Waals surface area contributed by atoms with Gasteiger partial charge in [-0.2, -0.15) is 5.26 Å². The number of hydrogen-bond acceptors (Lipinski definition) is 3. The zero-order valence-corrected chi connectivity index (χ0v) is 15.1. The molecule has 0 bridgehead atoms. The fourth-order valence-corrected chi connectivity index (χ4v) is 2.45. The van der Waals surface area contributed by atoms with Gasteiger partial charge < -0.3 is 10.1 Å². The Kier molecular flexibility index (Phi) is 6.88. The quantitative estimate of drug-likeness (QED) is 0.549. The summed E-state index contributed by atoms with van der Waals surface area (Å²) in [5, 5.41) is 12.8. The van der Waals surface area contributed by atoms with Gasteiger partial charge in [0.15, 0.2) is 0 Å². The second-order valence-electron chi connectivity index (χ2n) is 5.17. The lowest BCUT2D eigenvalue weighted by molar-refractivity contribution is -0.112. The number of anilines is 1. The Morgan fingerprint density at radius 3 is 2.72 bits per heavy atom. The lowest BCUT2D eigenvalue weighted by atomic mass is 10.1. The smallest absolute Gasteiger partial charge is 0.266 e. The first-order valence-corrected chi connectivity index (χ1v) is 8.40. The van der Waals surface area contributed by atoms with Crippen molar-refractivity contribution >= 4 is 40.9 Å². The van der Waals surface area contributed by atoms with Crippen LogP contribution in [0.15, 0.2) is 48.0 Å². The number of rotatable bonds is 6. The third-order valence-electron chi connectivity index (χ3n) is 3.18. The van der Waals surface area contributed by atoms with Crippen LogP contribution in [0.4, 0.5) is 5.69 Å². The zero-order valence-electron chi connectivity index (χ0n) is 13.6. The van der Waals surface area contributed by atoms with E-state index in [1.165, 1.54) is 6.08 Å². The molecule has 0 saturated heterocycles. The maximum Gasteiger partial charge on any atom is 0.266 e. The van der Waals surface area contributed by atoms with Crippen molar-refractivity contribution in [3.8, 4) is 11.8 Å². The van der Waals surface area contributed by atoms with E-state index in [9.17, 15) is 10.1 Å². The number of ether oxygens (including phenoxy) is 1. The van der Waals surface area contributed by atoms with Gasteiger partial charge in [0.2, 0.25) is 0 Å². The predicted molar refractivity (Wildman–Crippen MR) is 101 cm³/mol. The Bertz CT molecular complexity index is 842. The fourth-order valence-electron chi connectivity index (χ4n) is 2.02. The minimum atomic E-state index is -0.521. The van der Waals surface area contributed by atoms with Crippen LogP contribution in [0.25, 0.3) is 6.08 Å². The molecule has 0 fully saturated rings. The van der Waals surface area contributed by atoms with E-state index in [1.807, 2.05) is 13.0 Å². The van der Waals surface area contributed by atoms with Crippen molar-refractivity contribution in [2.24, 2.45) is 0 Å². The van der Waals surface area contributed by atoms with Crippen LogP contribution < -0.4 is 10.1 Å². The molecule has 0 radical (unpaired) electrons. The number of carbonyl (C=O) groups excluding carboxylic acids is 1. The van der Waals surface area contributed by atoms with Gasteiger partial charge in [0.05, 0.1) is 11.6 Å². The van der Waals surface area contributed by atoms with E-state index in [2.05, 4.69) is 5.32 Å². The predicted octanol–water partition coefficient (Wildman–Crippen LogP) is 5.33. The summed E-state index contributed by atoms with van der Waals surface area (Å²) < 4.78 is 5.50. The molecule has 25 heavy (non-hydrogen) atoms. The molecule has 0 spiro atoms. The van der Waals surface area contributed by atoms with Crippen LogP contribution in [-0.2, 0) is 4.79 Å². The summed E-state index contributed by atoms with van der Waals surface area (Å²) in [6.45, 7) is 2.57. The van der Waals surface area contributed by atoms with E-state index in [-0.39, 0.29) is 5.57 Å². The van der Waals surface area contributed by atoms with Crippen LogP contribution in [0.5, 0.6) is 5.75 Å². The number of amides is 1. The molecule has 0 unspecified atom stereocenters. The second-order valence-corrected chi connectivity index (χ2v) is 6.02. The lowest BCUT2D eigenvalue weighted by Crippen LogP contribution is -2.13. The van der Waals surface area contributed by atoms with Crippen molar-refractivity contribution in [1.29, 1.82) is 5.26 Å². The van der Waals surface area contributed by atoms with E-state index in [0.717, 1.165) is 6.42 Å². The number of carbonyl (C=O) groups is 1. The van der Waals surface area contributed by atoms with E-state index in [1.54, 1.807) is 42.5 Å². The first kappa shape index (κ1) is 18.9. The summed E-state index contributed by atoms with van der Waals surface area (Å²) in [6, 6.07) is 13.7. The van der Waals surface area contributed by atoms with Gasteiger partial charge in [-0.05, 0) is 48.4 Å². The molecular formula is C19H16Cl2N2O2. The first-order chi connectivity index (χ1) is 12.0. The topological polar surface area (TPSA) is 62.1 Å². The molecule has 4 nitrogen and oxygen atoms in total. The average Bonchev–Trinajstić information content (AvgIpc) is 2.58. The Labute approximate surface area is 156 Å². The van der Waals surface area contributed by atoms with Crippen LogP contribution in [0, 0.1) is 11.3 Å². The third kappa shape index (κ3) is 5.53. The van der Waals surface area contributed by atoms with Gasteiger partial charge in [-0.15, -0.1) is 0 Å². The van der Waals surface area contributed by atoms with Crippen LogP contribution >= 0.6 is 23.2 Å². The Morgan fingerprint density at radius 2 is 2.08 bits per heavy atom. The Hall–Kier alpha value is -2.48. The van der Waals surface area contributed by atoms with Gasteiger partial charge in [0, 0.05) is 10.7 Å². The standard InChI is InChI=1S/C19H16Cl2N2O2/c1-2-8-25-18-7-6-13(10-17(18)21)9-14(12-22)19(24)23-16-5-3-4-15(20)11-16/h3-7,9-11H,2,8H2,1H3,(H,23,24)/b14-9+. The minimum Gasteiger partial charge on any atom is -0.492 e.